The van der Waals surface area contributed by atoms with E-state index in [4.69, 9.17) is 17.3 Å². The molecule has 0 unspecified atom stereocenters. The molecule has 0 aliphatic rings. The van der Waals surface area contributed by atoms with Crippen LogP contribution in [0.25, 0.3) is 0 Å². The number of rotatable bonds is 2. The highest BCUT2D eigenvalue weighted by atomic mass is 35.5. The van der Waals surface area contributed by atoms with Crippen LogP contribution in [-0.2, 0) is 0 Å². The van der Waals surface area contributed by atoms with E-state index >= 15 is 0 Å². The number of urea groups is 1. The molecule has 0 fully saturated rings. The highest BCUT2D eigenvalue weighted by molar-refractivity contribution is 6.31. The van der Waals surface area contributed by atoms with Gasteiger partial charge in [0.05, 0.1) is 11.9 Å². The first-order valence-electron chi connectivity index (χ1n) is 5.60. The Morgan fingerprint density at radius 3 is 2.53 bits per heavy atom. The van der Waals surface area contributed by atoms with E-state index in [0.717, 1.165) is 5.56 Å². The molecule has 1 aromatic heterocycles. The van der Waals surface area contributed by atoms with Gasteiger partial charge >= 0.3 is 6.03 Å². The molecule has 0 aliphatic carbocycles. The Hall–Kier alpha value is -2.27. The number of pyridine rings is 1. The Bertz CT molecular complexity index is 598. The van der Waals surface area contributed by atoms with Crippen LogP contribution in [0.2, 0.25) is 5.02 Å². The number of nitrogen functional groups attached to an aromatic ring is 1. The van der Waals surface area contributed by atoms with Crippen molar-refractivity contribution in [3.05, 3.63) is 47.1 Å². The Labute approximate surface area is 115 Å². The van der Waals surface area contributed by atoms with Gasteiger partial charge in [-0.15, -0.1) is 0 Å². The predicted molar refractivity (Wildman–Crippen MR) is 77.5 cm³/mol. The van der Waals surface area contributed by atoms with Crippen LogP contribution < -0.4 is 16.4 Å². The number of amides is 2. The lowest BCUT2D eigenvalue weighted by Crippen LogP contribution is -2.19. The third kappa shape index (κ3) is 3.59. The molecule has 0 atom stereocenters. The quantitative estimate of drug-likeness (QED) is 0.787. The van der Waals surface area contributed by atoms with E-state index in [-0.39, 0.29) is 6.03 Å². The number of nitrogens with one attached hydrogen (secondary N) is 2. The Balaban J connectivity index is 2.01. The molecule has 4 N–H and O–H groups in total. The van der Waals surface area contributed by atoms with Crippen LogP contribution in [-0.4, -0.2) is 11.0 Å². The molecule has 0 aliphatic heterocycles. The molecule has 0 spiro atoms. The molecule has 0 radical (unpaired) electrons. The summed E-state index contributed by atoms with van der Waals surface area (Å²) in [4.78, 5) is 15.6. The maximum absolute atomic E-state index is 11.7. The number of aromatic nitrogens is 1. The monoisotopic (exact) mass is 276 g/mol. The molecule has 1 heterocycles. The van der Waals surface area contributed by atoms with Gasteiger partial charge in [0, 0.05) is 10.7 Å². The summed E-state index contributed by atoms with van der Waals surface area (Å²) >= 11 is 5.98. The van der Waals surface area contributed by atoms with Crippen LogP contribution in [0.5, 0.6) is 0 Å². The fraction of sp³-hybridized carbons (Fsp3) is 0.0769. The molecule has 2 aromatic rings. The van der Waals surface area contributed by atoms with Crippen LogP contribution in [0.1, 0.15) is 5.56 Å². The van der Waals surface area contributed by atoms with Gasteiger partial charge in [-0.05, 0) is 36.8 Å². The number of carbonyl (C=O) groups is 1. The molecule has 1 aromatic carbocycles. The Morgan fingerprint density at radius 1 is 1.21 bits per heavy atom. The topological polar surface area (TPSA) is 80.0 Å². The first-order chi connectivity index (χ1) is 9.04. The van der Waals surface area contributed by atoms with Gasteiger partial charge in [0.25, 0.3) is 0 Å². The summed E-state index contributed by atoms with van der Waals surface area (Å²) in [5.74, 6) is 0.399. The molecule has 0 saturated heterocycles. The zero-order chi connectivity index (χ0) is 13.8. The highest BCUT2D eigenvalue weighted by Gasteiger charge is 2.04. The molecule has 0 bridgehead atoms. The smallest absolute Gasteiger partial charge is 0.323 e. The average Bonchev–Trinajstić information content (AvgIpc) is 2.37. The SMILES string of the molecule is Cc1ccc(NC(=O)Nc2ccc(N)nc2)cc1Cl. The zero-order valence-electron chi connectivity index (χ0n) is 10.3. The Kier molecular flexibility index (Phi) is 3.87. The second-order valence-corrected chi connectivity index (χ2v) is 4.42. The number of hydrogen-bond acceptors (Lipinski definition) is 3. The van der Waals surface area contributed by atoms with E-state index in [0.29, 0.717) is 22.2 Å². The van der Waals surface area contributed by atoms with Crippen molar-refractivity contribution in [1.82, 2.24) is 4.98 Å². The van der Waals surface area contributed by atoms with Gasteiger partial charge in [0.2, 0.25) is 0 Å². The minimum Gasteiger partial charge on any atom is -0.384 e. The molecule has 2 amide bonds. The molecule has 5 nitrogen and oxygen atoms in total. The van der Waals surface area contributed by atoms with Gasteiger partial charge in [-0.2, -0.15) is 0 Å². The molecule has 19 heavy (non-hydrogen) atoms. The van der Waals surface area contributed by atoms with E-state index in [1.165, 1.54) is 6.20 Å². The summed E-state index contributed by atoms with van der Waals surface area (Å²) in [7, 11) is 0. The number of hydrogen-bond donors (Lipinski definition) is 3. The first kappa shape index (κ1) is 13.2. The van der Waals surface area contributed by atoms with Crippen molar-refractivity contribution in [1.29, 1.82) is 0 Å². The largest absolute Gasteiger partial charge is 0.384 e. The van der Waals surface area contributed by atoms with Crippen molar-refractivity contribution in [3.8, 4) is 0 Å². The van der Waals surface area contributed by atoms with Crippen LogP contribution in [0.15, 0.2) is 36.5 Å². The number of benzene rings is 1. The molecule has 6 heteroatoms. The van der Waals surface area contributed by atoms with E-state index in [1.807, 2.05) is 13.0 Å². The van der Waals surface area contributed by atoms with Gasteiger partial charge in [-0.25, -0.2) is 9.78 Å². The summed E-state index contributed by atoms with van der Waals surface area (Å²) in [6.45, 7) is 1.90. The van der Waals surface area contributed by atoms with Crippen molar-refractivity contribution >= 4 is 34.8 Å². The van der Waals surface area contributed by atoms with Crippen molar-refractivity contribution in [2.24, 2.45) is 0 Å². The van der Waals surface area contributed by atoms with Crippen molar-refractivity contribution in [3.63, 3.8) is 0 Å². The summed E-state index contributed by atoms with van der Waals surface area (Å²) in [5, 5.41) is 5.92. The maximum atomic E-state index is 11.7. The third-order valence-electron chi connectivity index (χ3n) is 2.47. The molecule has 98 valence electrons. The minimum atomic E-state index is -0.369. The van der Waals surface area contributed by atoms with Gasteiger partial charge in [0.15, 0.2) is 0 Å². The van der Waals surface area contributed by atoms with Gasteiger partial charge < -0.3 is 16.4 Å². The van der Waals surface area contributed by atoms with Gasteiger partial charge in [-0.3, -0.25) is 0 Å². The molecular weight excluding hydrogens is 264 g/mol. The van der Waals surface area contributed by atoms with E-state index in [9.17, 15) is 4.79 Å². The number of carbonyl (C=O) groups excluding carboxylic acids is 1. The minimum absolute atomic E-state index is 0.369. The Morgan fingerprint density at radius 2 is 1.89 bits per heavy atom. The molecule has 0 saturated carbocycles. The lowest BCUT2D eigenvalue weighted by Gasteiger charge is -2.08. The number of nitrogens with two attached hydrogens (primary N) is 1. The zero-order valence-corrected chi connectivity index (χ0v) is 11.0. The molecule has 2 rings (SSSR count). The van der Waals surface area contributed by atoms with Crippen molar-refractivity contribution in [2.75, 3.05) is 16.4 Å². The van der Waals surface area contributed by atoms with Crippen molar-refractivity contribution in [2.45, 2.75) is 6.92 Å². The summed E-state index contributed by atoms with van der Waals surface area (Å²) in [5.41, 5.74) is 7.59. The maximum Gasteiger partial charge on any atom is 0.323 e. The van der Waals surface area contributed by atoms with E-state index in [1.54, 1.807) is 24.3 Å². The normalized spacial score (nSPS) is 10.0. The van der Waals surface area contributed by atoms with Crippen LogP contribution in [0, 0.1) is 6.92 Å². The van der Waals surface area contributed by atoms with Crippen LogP contribution in [0.3, 0.4) is 0 Å². The van der Waals surface area contributed by atoms with Gasteiger partial charge in [-0.1, -0.05) is 17.7 Å². The summed E-state index contributed by atoms with van der Waals surface area (Å²) < 4.78 is 0. The third-order valence-corrected chi connectivity index (χ3v) is 2.88. The lowest BCUT2D eigenvalue weighted by atomic mass is 10.2. The average molecular weight is 277 g/mol. The predicted octanol–water partition coefficient (Wildman–Crippen LogP) is 3.27. The number of nitrogens with zero attached hydrogens (tertiary/aromatic N) is 1. The summed E-state index contributed by atoms with van der Waals surface area (Å²) in [6, 6.07) is 8.22. The number of aryl methyl sites for hydroxylation is 1. The summed E-state index contributed by atoms with van der Waals surface area (Å²) in [6.07, 6.45) is 1.48. The first-order valence-corrected chi connectivity index (χ1v) is 5.98. The number of halogens is 1. The number of anilines is 3. The second-order valence-electron chi connectivity index (χ2n) is 4.01. The standard InChI is InChI=1S/C13H13ClN4O/c1-8-2-3-9(6-11(8)14)17-13(19)18-10-4-5-12(15)16-7-10/h2-7H,1H3,(H2,15,16)(H2,17,18,19). The van der Waals surface area contributed by atoms with Crippen molar-refractivity contribution < 1.29 is 4.79 Å². The van der Waals surface area contributed by atoms with E-state index < -0.39 is 0 Å². The lowest BCUT2D eigenvalue weighted by molar-refractivity contribution is 0.262. The molecular formula is C13H13ClN4O. The fourth-order valence-electron chi connectivity index (χ4n) is 1.44. The second kappa shape index (κ2) is 5.58. The van der Waals surface area contributed by atoms with Crippen LogP contribution in [0.4, 0.5) is 22.0 Å². The highest BCUT2D eigenvalue weighted by Crippen LogP contribution is 2.20. The van der Waals surface area contributed by atoms with E-state index in [2.05, 4.69) is 15.6 Å². The fourth-order valence-corrected chi connectivity index (χ4v) is 1.62. The van der Waals surface area contributed by atoms with Gasteiger partial charge in [0.1, 0.15) is 5.82 Å². The van der Waals surface area contributed by atoms with Crippen LogP contribution >= 0.6 is 11.6 Å².